The van der Waals surface area contributed by atoms with Crippen molar-refractivity contribution >= 4 is 11.3 Å². The Bertz CT molecular complexity index is 532. The van der Waals surface area contributed by atoms with Crippen LogP contribution in [0.4, 0.5) is 0 Å². The Morgan fingerprint density at radius 2 is 2.47 bits per heavy atom. The highest BCUT2D eigenvalue weighted by molar-refractivity contribution is 7.09. The third-order valence-corrected chi connectivity index (χ3v) is 4.83. The number of rotatable bonds is 4. The molecular formula is C14H20N4S. The molecular weight excluding hydrogens is 256 g/mol. The molecule has 0 aromatic carbocycles. The first-order chi connectivity index (χ1) is 9.29. The Morgan fingerprint density at radius 1 is 1.58 bits per heavy atom. The molecule has 19 heavy (non-hydrogen) atoms. The van der Waals surface area contributed by atoms with Gasteiger partial charge in [0.15, 0.2) is 0 Å². The summed E-state index contributed by atoms with van der Waals surface area (Å²) in [5.74, 6) is 0. The minimum absolute atomic E-state index is 0.358. The molecule has 2 atom stereocenters. The largest absolute Gasteiger partial charge is 0.301 e. The number of fused-ring (bicyclic) bond motifs is 1. The van der Waals surface area contributed by atoms with Crippen molar-refractivity contribution in [2.75, 3.05) is 0 Å². The Hall–Kier alpha value is -1.20. The number of thiazole rings is 1. The van der Waals surface area contributed by atoms with Crippen LogP contribution in [0.15, 0.2) is 17.8 Å². The minimum atomic E-state index is 0.358. The highest BCUT2D eigenvalue weighted by Crippen LogP contribution is 2.32. The molecule has 2 aromatic rings. The predicted molar refractivity (Wildman–Crippen MR) is 77.2 cm³/mol. The Labute approximate surface area is 117 Å². The van der Waals surface area contributed by atoms with Crippen LogP contribution in [0.1, 0.15) is 54.5 Å². The molecule has 0 saturated carbocycles. The van der Waals surface area contributed by atoms with E-state index < -0.39 is 0 Å². The molecule has 2 unspecified atom stereocenters. The zero-order valence-electron chi connectivity index (χ0n) is 11.5. The molecule has 0 radical (unpaired) electrons. The molecule has 0 spiro atoms. The van der Waals surface area contributed by atoms with Gasteiger partial charge in [0.25, 0.3) is 0 Å². The van der Waals surface area contributed by atoms with Crippen LogP contribution in [0, 0.1) is 0 Å². The summed E-state index contributed by atoms with van der Waals surface area (Å²) in [6.07, 6.45) is 8.57. The fourth-order valence-corrected chi connectivity index (χ4v) is 3.67. The maximum Gasteiger partial charge on any atom is 0.109 e. The summed E-state index contributed by atoms with van der Waals surface area (Å²) in [5, 5.41) is 11.4. The lowest BCUT2D eigenvalue weighted by molar-refractivity contribution is 0.389. The lowest BCUT2D eigenvalue weighted by atomic mass is 9.92. The number of hydrogen-bond donors (Lipinski definition) is 1. The van der Waals surface area contributed by atoms with Crippen molar-refractivity contribution in [3.8, 4) is 0 Å². The van der Waals surface area contributed by atoms with Gasteiger partial charge >= 0.3 is 0 Å². The van der Waals surface area contributed by atoms with E-state index in [1.165, 1.54) is 29.1 Å². The van der Waals surface area contributed by atoms with E-state index in [0.29, 0.717) is 12.1 Å². The summed E-state index contributed by atoms with van der Waals surface area (Å²) in [4.78, 5) is 4.45. The second kappa shape index (κ2) is 5.43. The van der Waals surface area contributed by atoms with Crippen LogP contribution in [0.2, 0.25) is 0 Å². The van der Waals surface area contributed by atoms with Crippen LogP contribution in [0.5, 0.6) is 0 Å². The van der Waals surface area contributed by atoms with Crippen LogP contribution in [-0.2, 0) is 13.5 Å². The zero-order valence-corrected chi connectivity index (χ0v) is 12.3. The van der Waals surface area contributed by atoms with Crippen molar-refractivity contribution in [3.63, 3.8) is 0 Å². The van der Waals surface area contributed by atoms with Crippen molar-refractivity contribution in [2.45, 2.75) is 44.7 Å². The summed E-state index contributed by atoms with van der Waals surface area (Å²) in [5.41, 5.74) is 2.77. The highest BCUT2D eigenvalue weighted by atomic mass is 32.1. The van der Waals surface area contributed by atoms with Crippen LogP contribution in [-0.4, -0.2) is 14.8 Å². The van der Waals surface area contributed by atoms with Gasteiger partial charge in [-0.05, 0) is 25.7 Å². The van der Waals surface area contributed by atoms with E-state index in [9.17, 15) is 0 Å². The Balaban J connectivity index is 1.80. The van der Waals surface area contributed by atoms with Crippen LogP contribution < -0.4 is 5.32 Å². The van der Waals surface area contributed by atoms with Crippen LogP contribution in [0.3, 0.4) is 0 Å². The summed E-state index contributed by atoms with van der Waals surface area (Å²) in [6, 6.07) is 0.780. The topological polar surface area (TPSA) is 42.7 Å². The molecule has 5 heteroatoms. The molecule has 0 aliphatic heterocycles. The van der Waals surface area contributed by atoms with Crippen LogP contribution in [0.25, 0.3) is 0 Å². The van der Waals surface area contributed by atoms with Crippen molar-refractivity contribution < 1.29 is 0 Å². The predicted octanol–water partition coefficient (Wildman–Crippen LogP) is 2.99. The quantitative estimate of drug-likeness (QED) is 0.933. The number of aromatic nitrogens is 3. The van der Waals surface area contributed by atoms with E-state index in [-0.39, 0.29) is 0 Å². The van der Waals surface area contributed by atoms with Gasteiger partial charge in [0.05, 0.1) is 12.2 Å². The molecule has 0 bridgehead atoms. The van der Waals surface area contributed by atoms with Gasteiger partial charge in [-0.15, -0.1) is 11.3 Å². The van der Waals surface area contributed by atoms with E-state index in [2.05, 4.69) is 27.7 Å². The molecule has 0 amide bonds. The van der Waals surface area contributed by atoms with E-state index in [1.54, 1.807) is 11.3 Å². The second-order valence-corrected chi connectivity index (χ2v) is 6.04. The maximum atomic E-state index is 4.45. The smallest absolute Gasteiger partial charge is 0.109 e. The van der Waals surface area contributed by atoms with Crippen molar-refractivity contribution in [3.05, 3.63) is 34.0 Å². The summed E-state index contributed by atoms with van der Waals surface area (Å²) in [7, 11) is 2.04. The second-order valence-electron chi connectivity index (χ2n) is 5.11. The Kier molecular flexibility index (Phi) is 3.66. The zero-order chi connectivity index (χ0) is 13.2. The number of nitrogens with one attached hydrogen (secondary N) is 1. The Morgan fingerprint density at radius 3 is 3.21 bits per heavy atom. The first-order valence-electron chi connectivity index (χ1n) is 6.95. The van der Waals surface area contributed by atoms with Gasteiger partial charge in [-0.25, -0.2) is 4.98 Å². The summed E-state index contributed by atoms with van der Waals surface area (Å²) < 4.78 is 2.02. The summed E-state index contributed by atoms with van der Waals surface area (Å²) >= 11 is 1.74. The molecule has 2 aromatic heterocycles. The monoisotopic (exact) mass is 276 g/mol. The molecule has 1 aliphatic rings. The molecule has 1 aliphatic carbocycles. The maximum absolute atomic E-state index is 4.45. The van der Waals surface area contributed by atoms with E-state index in [0.717, 1.165) is 12.8 Å². The van der Waals surface area contributed by atoms with Gasteiger partial charge in [-0.2, -0.15) is 5.10 Å². The van der Waals surface area contributed by atoms with E-state index >= 15 is 0 Å². The van der Waals surface area contributed by atoms with Crippen molar-refractivity contribution in [1.29, 1.82) is 0 Å². The molecule has 4 nitrogen and oxygen atoms in total. The molecule has 2 heterocycles. The highest BCUT2D eigenvalue weighted by Gasteiger charge is 2.26. The normalized spacial score (nSPS) is 20.2. The average molecular weight is 276 g/mol. The lowest BCUT2D eigenvalue weighted by Crippen LogP contribution is -2.29. The number of hydrogen-bond acceptors (Lipinski definition) is 4. The van der Waals surface area contributed by atoms with Gasteiger partial charge in [0.1, 0.15) is 5.01 Å². The van der Waals surface area contributed by atoms with Gasteiger partial charge in [0, 0.05) is 35.9 Å². The minimum Gasteiger partial charge on any atom is -0.301 e. The van der Waals surface area contributed by atoms with Gasteiger partial charge < -0.3 is 5.32 Å². The first-order valence-corrected chi connectivity index (χ1v) is 7.83. The van der Waals surface area contributed by atoms with Gasteiger partial charge in [0.2, 0.25) is 0 Å². The molecule has 1 N–H and O–H groups in total. The lowest BCUT2D eigenvalue weighted by Gasteiger charge is -2.27. The van der Waals surface area contributed by atoms with Gasteiger partial charge in [-0.1, -0.05) is 6.92 Å². The fourth-order valence-electron chi connectivity index (χ4n) is 2.89. The van der Waals surface area contributed by atoms with Crippen molar-refractivity contribution in [1.82, 2.24) is 20.1 Å². The third kappa shape index (κ3) is 2.44. The average Bonchev–Trinajstić information content (AvgIpc) is 3.07. The number of nitrogens with zero attached hydrogens (tertiary/aromatic N) is 3. The third-order valence-electron chi connectivity index (χ3n) is 3.94. The molecule has 3 rings (SSSR count). The molecule has 0 fully saturated rings. The molecule has 102 valence electrons. The first kappa shape index (κ1) is 12.8. The SMILES string of the molecule is CCC(NC1CCCc2c1cnn2C)c1nccs1. The van der Waals surface area contributed by atoms with Gasteiger partial charge in [-0.3, -0.25) is 4.68 Å². The standard InChI is InChI=1S/C14H20N4S/c1-3-11(14-15-7-8-19-14)17-12-5-4-6-13-10(12)9-16-18(13)2/h7-9,11-12,17H,3-6H2,1-2H3. The fraction of sp³-hybridized carbons (Fsp3) is 0.571. The number of aryl methyl sites for hydroxylation is 1. The van der Waals surface area contributed by atoms with E-state index in [1.807, 2.05) is 24.1 Å². The van der Waals surface area contributed by atoms with E-state index in [4.69, 9.17) is 0 Å². The van der Waals surface area contributed by atoms with Crippen LogP contribution >= 0.6 is 11.3 Å². The summed E-state index contributed by atoms with van der Waals surface area (Å²) in [6.45, 7) is 2.21. The van der Waals surface area contributed by atoms with Crippen molar-refractivity contribution in [2.24, 2.45) is 7.05 Å². The molecule has 0 saturated heterocycles.